The summed E-state index contributed by atoms with van der Waals surface area (Å²) in [5.41, 5.74) is 7.63. The third-order valence-electron chi connectivity index (χ3n) is 1.90. The Bertz CT molecular complexity index is 420. The highest BCUT2D eigenvalue weighted by atomic mass is 32.1. The minimum atomic E-state index is 0.522. The number of hydrogen-bond acceptors (Lipinski definition) is 4. The van der Waals surface area contributed by atoms with Crippen molar-refractivity contribution in [3.63, 3.8) is 0 Å². The molecule has 0 fully saturated rings. The highest BCUT2D eigenvalue weighted by Gasteiger charge is 2.01. The first kappa shape index (κ1) is 8.47. The average molecular weight is 193 g/mol. The van der Waals surface area contributed by atoms with E-state index in [9.17, 15) is 0 Å². The molecule has 0 atom stereocenters. The molecule has 0 aliphatic carbocycles. The van der Waals surface area contributed by atoms with Crippen LogP contribution in [0.4, 0.5) is 5.69 Å². The zero-order valence-electron chi connectivity index (χ0n) is 7.37. The van der Waals surface area contributed by atoms with Gasteiger partial charge in [-0.25, -0.2) is 4.98 Å². The Morgan fingerprint density at radius 1 is 1.54 bits per heavy atom. The number of aromatic nitrogens is 1. The molecule has 0 spiro atoms. The van der Waals surface area contributed by atoms with Crippen LogP contribution in [0.5, 0.6) is 0 Å². The van der Waals surface area contributed by atoms with Gasteiger partial charge in [-0.05, 0) is 18.2 Å². The van der Waals surface area contributed by atoms with E-state index in [-0.39, 0.29) is 0 Å². The lowest BCUT2D eigenvalue weighted by atomic mass is 10.3. The molecule has 13 heavy (non-hydrogen) atoms. The van der Waals surface area contributed by atoms with Gasteiger partial charge in [-0.1, -0.05) is 0 Å². The first-order valence-corrected chi connectivity index (χ1v) is 4.92. The summed E-state index contributed by atoms with van der Waals surface area (Å²) < 4.78 is 1.19. The standard InChI is InChI=1S/C9H11N3S/c1-11-6-2-3-8-7(4-6)12-9(5-10)13-8/h2-4,11H,5,10H2,1H3. The molecule has 0 amide bonds. The third-order valence-corrected chi connectivity index (χ3v) is 2.95. The second-order valence-corrected chi connectivity index (χ2v) is 3.86. The summed E-state index contributed by atoms with van der Waals surface area (Å²) in [7, 11) is 1.90. The van der Waals surface area contributed by atoms with Crippen LogP contribution in [-0.4, -0.2) is 12.0 Å². The molecule has 0 aliphatic rings. The lowest BCUT2D eigenvalue weighted by molar-refractivity contribution is 1.05. The summed E-state index contributed by atoms with van der Waals surface area (Å²) in [6.45, 7) is 0.522. The molecule has 0 unspecified atom stereocenters. The topological polar surface area (TPSA) is 50.9 Å². The van der Waals surface area contributed by atoms with Gasteiger partial charge in [0.2, 0.25) is 0 Å². The molecule has 2 aromatic rings. The molecule has 0 radical (unpaired) electrons. The van der Waals surface area contributed by atoms with Crippen molar-refractivity contribution in [3.05, 3.63) is 23.2 Å². The van der Waals surface area contributed by atoms with Crippen LogP contribution in [0.3, 0.4) is 0 Å². The van der Waals surface area contributed by atoms with E-state index >= 15 is 0 Å². The first-order chi connectivity index (χ1) is 6.33. The molecule has 0 saturated heterocycles. The van der Waals surface area contributed by atoms with Gasteiger partial charge < -0.3 is 11.1 Å². The molecule has 4 heteroatoms. The van der Waals surface area contributed by atoms with E-state index in [1.165, 1.54) is 4.70 Å². The Kier molecular flexibility index (Phi) is 2.16. The van der Waals surface area contributed by atoms with Gasteiger partial charge in [0.05, 0.1) is 10.2 Å². The third kappa shape index (κ3) is 1.50. The number of nitrogens with one attached hydrogen (secondary N) is 1. The van der Waals surface area contributed by atoms with E-state index in [4.69, 9.17) is 5.73 Å². The Labute approximate surface area is 80.6 Å². The predicted molar refractivity (Wildman–Crippen MR) is 57.1 cm³/mol. The molecular formula is C9H11N3S. The predicted octanol–water partition coefficient (Wildman–Crippen LogP) is 1.80. The molecule has 2 rings (SSSR count). The van der Waals surface area contributed by atoms with E-state index in [0.29, 0.717) is 6.54 Å². The molecule has 0 bridgehead atoms. The normalized spacial score (nSPS) is 10.6. The van der Waals surface area contributed by atoms with E-state index in [1.807, 2.05) is 19.2 Å². The summed E-state index contributed by atoms with van der Waals surface area (Å²) in [5, 5.41) is 4.07. The summed E-state index contributed by atoms with van der Waals surface area (Å²) in [6, 6.07) is 6.14. The van der Waals surface area contributed by atoms with Crippen LogP contribution < -0.4 is 11.1 Å². The number of hydrogen-bond donors (Lipinski definition) is 2. The average Bonchev–Trinajstić information content (AvgIpc) is 2.58. The van der Waals surface area contributed by atoms with Crippen molar-refractivity contribution in [2.75, 3.05) is 12.4 Å². The minimum absolute atomic E-state index is 0.522. The molecule has 3 nitrogen and oxygen atoms in total. The zero-order chi connectivity index (χ0) is 9.26. The lowest BCUT2D eigenvalue weighted by Gasteiger charge is -1.96. The van der Waals surface area contributed by atoms with Gasteiger partial charge in [-0.15, -0.1) is 11.3 Å². The number of nitrogens with zero attached hydrogens (tertiary/aromatic N) is 1. The number of fused-ring (bicyclic) bond motifs is 1. The van der Waals surface area contributed by atoms with Crippen LogP contribution in [0.25, 0.3) is 10.2 Å². The quantitative estimate of drug-likeness (QED) is 0.764. The number of anilines is 1. The van der Waals surface area contributed by atoms with Crippen molar-refractivity contribution in [2.24, 2.45) is 5.73 Å². The summed E-state index contributed by atoms with van der Waals surface area (Å²) in [4.78, 5) is 4.39. The second-order valence-electron chi connectivity index (χ2n) is 2.74. The van der Waals surface area contributed by atoms with Crippen LogP contribution >= 0.6 is 11.3 Å². The van der Waals surface area contributed by atoms with Crippen LogP contribution in [0.15, 0.2) is 18.2 Å². The van der Waals surface area contributed by atoms with Crippen molar-refractivity contribution in [2.45, 2.75) is 6.54 Å². The van der Waals surface area contributed by atoms with Gasteiger partial charge in [-0.2, -0.15) is 0 Å². The molecular weight excluding hydrogens is 182 g/mol. The van der Waals surface area contributed by atoms with Gasteiger partial charge in [-0.3, -0.25) is 0 Å². The van der Waals surface area contributed by atoms with Gasteiger partial charge >= 0.3 is 0 Å². The van der Waals surface area contributed by atoms with Crippen molar-refractivity contribution >= 4 is 27.2 Å². The van der Waals surface area contributed by atoms with Crippen molar-refractivity contribution in [1.29, 1.82) is 0 Å². The van der Waals surface area contributed by atoms with E-state index in [1.54, 1.807) is 11.3 Å². The number of thiazole rings is 1. The van der Waals surface area contributed by atoms with Crippen molar-refractivity contribution in [1.82, 2.24) is 4.98 Å². The molecule has 1 aromatic heterocycles. The second kappa shape index (κ2) is 3.32. The SMILES string of the molecule is CNc1ccc2sc(CN)nc2c1. The molecule has 3 N–H and O–H groups in total. The van der Waals surface area contributed by atoms with E-state index < -0.39 is 0 Å². The highest BCUT2D eigenvalue weighted by Crippen LogP contribution is 2.24. The molecule has 1 heterocycles. The maximum atomic E-state index is 5.52. The van der Waals surface area contributed by atoms with Gasteiger partial charge in [0, 0.05) is 19.3 Å². The fraction of sp³-hybridized carbons (Fsp3) is 0.222. The van der Waals surface area contributed by atoms with Crippen LogP contribution in [-0.2, 0) is 6.54 Å². The van der Waals surface area contributed by atoms with Crippen molar-refractivity contribution < 1.29 is 0 Å². The van der Waals surface area contributed by atoms with Gasteiger partial charge in [0.15, 0.2) is 0 Å². The highest BCUT2D eigenvalue weighted by molar-refractivity contribution is 7.18. The van der Waals surface area contributed by atoms with Crippen molar-refractivity contribution in [3.8, 4) is 0 Å². The van der Waals surface area contributed by atoms with Crippen LogP contribution in [0, 0.1) is 0 Å². The fourth-order valence-electron chi connectivity index (χ4n) is 1.22. The number of rotatable bonds is 2. The van der Waals surface area contributed by atoms with E-state index in [0.717, 1.165) is 16.2 Å². The van der Waals surface area contributed by atoms with Gasteiger partial charge in [0.25, 0.3) is 0 Å². The summed E-state index contributed by atoms with van der Waals surface area (Å²) >= 11 is 1.65. The lowest BCUT2D eigenvalue weighted by Crippen LogP contribution is -1.93. The monoisotopic (exact) mass is 193 g/mol. The van der Waals surface area contributed by atoms with E-state index in [2.05, 4.69) is 16.4 Å². The maximum Gasteiger partial charge on any atom is 0.107 e. The number of nitrogens with two attached hydrogens (primary N) is 1. The molecule has 0 saturated carbocycles. The molecule has 1 aromatic carbocycles. The Morgan fingerprint density at radius 3 is 3.08 bits per heavy atom. The zero-order valence-corrected chi connectivity index (χ0v) is 8.19. The van der Waals surface area contributed by atoms with Crippen LogP contribution in [0.2, 0.25) is 0 Å². The Morgan fingerprint density at radius 2 is 2.38 bits per heavy atom. The Hall–Kier alpha value is -1.13. The maximum absolute atomic E-state index is 5.52. The smallest absolute Gasteiger partial charge is 0.107 e. The summed E-state index contributed by atoms with van der Waals surface area (Å²) in [5.74, 6) is 0. The number of benzene rings is 1. The Balaban J connectivity index is 2.57. The molecule has 68 valence electrons. The fourth-order valence-corrected chi connectivity index (χ4v) is 2.04. The molecule has 0 aliphatic heterocycles. The largest absolute Gasteiger partial charge is 0.388 e. The minimum Gasteiger partial charge on any atom is -0.388 e. The van der Waals surface area contributed by atoms with Gasteiger partial charge in [0.1, 0.15) is 5.01 Å². The van der Waals surface area contributed by atoms with Crippen LogP contribution in [0.1, 0.15) is 5.01 Å². The first-order valence-electron chi connectivity index (χ1n) is 4.11. The summed E-state index contributed by atoms with van der Waals surface area (Å²) in [6.07, 6.45) is 0.